The standard InChI is InChI=1S/C17H17NO3/c1-13(19)18(16-9-4-3-5-10-16)12-15-8-6-7-11-17(15)21-14(2)20/h3-11H,12H2,1-2H3. The van der Waals surface area contributed by atoms with Crippen LogP contribution in [-0.2, 0) is 16.1 Å². The summed E-state index contributed by atoms with van der Waals surface area (Å²) in [6.45, 7) is 3.22. The lowest BCUT2D eigenvalue weighted by atomic mass is 10.1. The summed E-state index contributed by atoms with van der Waals surface area (Å²) in [5, 5.41) is 0. The summed E-state index contributed by atoms with van der Waals surface area (Å²) in [6.07, 6.45) is 0. The van der Waals surface area contributed by atoms with Gasteiger partial charge in [-0.25, -0.2) is 0 Å². The third kappa shape index (κ3) is 3.92. The van der Waals surface area contributed by atoms with Crippen molar-refractivity contribution in [3.05, 3.63) is 60.2 Å². The van der Waals surface area contributed by atoms with E-state index >= 15 is 0 Å². The second kappa shape index (κ2) is 6.70. The molecule has 4 heteroatoms. The summed E-state index contributed by atoms with van der Waals surface area (Å²) in [7, 11) is 0. The van der Waals surface area contributed by atoms with Crippen molar-refractivity contribution < 1.29 is 14.3 Å². The van der Waals surface area contributed by atoms with Crippen molar-refractivity contribution in [2.75, 3.05) is 4.90 Å². The molecular formula is C17H17NO3. The molecule has 0 heterocycles. The van der Waals surface area contributed by atoms with Gasteiger partial charge in [0, 0.05) is 25.1 Å². The van der Waals surface area contributed by atoms with E-state index in [1.165, 1.54) is 13.8 Å². The molecule has 0 aliphatic heterocycles. The Balaban J connectivity index is 2.30. The van der Waals surface area contributed by atoms with Gasteiger partial charge in [-0.1, -0.05) is 36.4 Å². The van der Waals surface area contributed by atoms with Crippen LogP contribution in [0.15, 0.2) is 54.6 Å². The van der Waals surface area contributed by atoms with Crippen LogP contribution in [0.5, 0.6) is 5.75 Å². The Morgan fingerprint density at radius 3 is 2.19 bits per heavy atom. The molecule has 21 heavy (non-hydrogen) atoms. The zero-order valence-electron chi connectivity index (χ0n) is 12.1. The topological polar surface area (TPSA) is 46.6 Å². The predicted molar refractivity (Wildman–Crippen MR) is 81.1 cm³/mol. The fraction of sp³-hybridized carbons (Fsp3) is 0.176. The van der Waals surface area contributed by atoms with E-state index in [0.717, 1.165) is 11.3 Å². The molecule has 0 atom stereocenters. The molecule has 0 unspecified atom stereocenters. The van der Waals surface area contributed by atoms with Gasteiger partial charge in [-0.3, -0.25) is 9.59 Å². The highest BCUT2D eigenvalue weighted by molar-refractivity contribution is 5.91. The van der Waals surface area contributed by atoms with E-state index in [2.05, 4.69) is 0 Å². The van der Waals surface area contributed by atoms with Gasteiger partial charge < -0.3 is 9.64 Å². The summed E-state index contributed by atoms with van der Waals surface area (Å²) >= 11 is 0. The van der Waals surface area contributed by atoms with Gasteiger partial charge in [0.05, 0.1) is 6.54 Å². The summed E-state index contributed by atoms with van der Waals surface area (Å²) < 4.78 is 5.18. The SMILES string of the molecule is CC(=O)Oc1ccccc1CN(C(C)=O)c1ccccc1. The molecule has 0 fully saturated rings. The van der Waals surface area contributed by atoms with E-state index in [1.54, 1.807) is 17.0 Å². The van der Waals surface area contributed by atoms with Crippen LogP contribution < -0.4 is 9.64 Å². The van der Waals surface area contributed by atoms with Crippen LogP contribution in [0.4, 0.5) is 5.69 Å². The quantitative estimate of drug-likeness (QED) is 0.639. The van der Waals surface area contributed by atoms with Crippen molar-refractivity contribution in [3.8, 4) is 5.75 Å². The first kappa shape index (κ1) is 14.8. The van der Waals surface area contributed by atoms with E-state index in [4.69, 9.17) is 4.74 Å². The summed E-state index contributed by atoms with van der Waals surface area (Å²) in [5.41, 5.74) is 1.59. The Morgan fingerprint density at radius 2 is 1.57 bits per heavy atom. The highest BCUT2D eigenvalue weighted by Crippen LogP contribution is 2.23. The Kier molecular flexibility index (Phi) is 4.72. The molecule has 0 radical (unpaired) electrons. The minimum absolute atomic E-state index is 0.0705. The molecule has 0 saturated heterocycles. The fourth-order valence-corrected chi connectivity index (χ4v) is 2.05. The lowest BCUT2D eigenvalue weighted by Gasteiger charge is -2.22. The number of nitrogens with zero attached hydrogens (tertiary/aromatic N) is 1. The van der Waals surface area contributed by atoms with Crippen molar-refractivity contribution in [2.45, 2.75) is 20.4 Å². The highest BCUT2D eigenvalue weighted by Gasteiger charge is 2.15. The molecule has 2 rings (SSSR count). The van der Waals surface area contributed by atoms with Gasteiger partial charge in [0.25, 0.3) is 0 Å². The maximum atomic E-state index is 11.9. The van der Waals surface area contributed by atoms with Gasteiger partial charge in [-0.15, -0.1) is 0 Å². The van der Waals surface area contributed by atoms with Gasteiger partial charge >= 0.3 is 5.97 Å². The molecule has 0 saturated carbocycles. The predicted octanol–water partition coefficient (Wildman–Crippen LogP) is 3.17. The number of hydrogen-bond acceptors (Lipinski definition) is 3. The maximum Gasteiger partial charge on any atom is 0.308 e. The first-order valence-corrected chi connectivity index (χ1v) is 6.67. The van der Waals surface area contributed by atoms with E-state index in [-0.39, 0.29) is 11.9 Å². The number of hydrogen-bond donors (Lipinski definition) is 0. The minimum Gasteiger partial charge on any atom is -0.426 e. The maximum absolute atomic E-state index is 11.9. The Bertz CT molecular complexity index is 637. The summed E-state index contributed by atoms with van der Waals surface area (Å²) in [6, 6.07) is 16.6. The molecular weight excluding hydrogens is 266 g/mol. The van der Waals surface area contributed by atoms with Crippen LogP contribution in [0.25, 0.3) is 0 Å². The number of esters is 1. The number of amides is 1. The molecule has 108 valence electrons. The lowest BCUT2D eigenvalue weighted by molar-refractivity contribution is -0.131. The van der Waals surface area contributed by atoms with Gasteiger partial charge in [0.2, 0.25) is 5.91 Å². The second-order valence-corrected chi connectivity index (χ2v) is 4.64. The zero-order valence-corrected chi connectivity index (χ0v) is 12.1. The van der Waals surface area contributed by atoms with Crippen LogP contribution in [0, 0.1) is 0 Å². The average Bonchev–Trinajstić information content (AvgIpc) is 2.46. The van der Waals surface area contributed by atoms with Gasteiger partial charge in [-0.05, 0) is 18.2 Å². The number of carbonyl (C=O) groups is 2. The molecule has 0 aliphatic rings. The van der Waals surface area contributed by atoms with Crippen LogP contribution in [0.3, 0.4) is 0 Å². The van der Waals surface area contributed by atoms with E-state index in [0.29, 0.717) is 12.3 Å². The molecule has 0 spiro atoms. The highest BCUT2D eigenvalue weighted by atomic mass is 16.5. The number of ether oxygens (including phenoxy) is 1. The van der Waals surface area contributed by atoms with Crippen LogP contribution in [0.2, 0.25) is 0 Å². The Labute approximate surface area is 124 Å². The molecule has 0 bridgehead atoms. The first-order valence-electron chi connectivity index (χ1n) is 6.67. The van der Waals surface area contributed by atoms with Crippen LogP contribution >= 0.6 is 0 Å². The van der Waals surface area contributed by atoms with E-state index in [1.807, 2.05) is 42.5 Å². The van der Waals surface area contributed by atoms with E-state index < -0.39 is 0 Å². The van der Waals surface area contributed by atoms with Crippen molar-refractivity contribution in [1.82, 2.24) is 0 Å². The molecule has 4 nitrogen and oxygen atoms in total. The zero-order chi connectivity index (χ0) is 15.2. The fourth-order valence-electron chi connectivity index (χ4n) is 2.05. The van der Waals surface area contributed by atoms with Crippen molar-refractivity contribution in [1.29, 1.82) is 0 Å². The van der Waals surface area contributed by atoms with Crippen molar-refractivity contribution in [3.63, 3.8) is 0 Å². The number of anilines is 1. The van der Waals surface area contributed by atoms with Crippen molar-refractivity contribution >= 4 is 17.6 Å². The summed E-state index contributed by atoms with van der Waals surface area (Å²) in [5.74, 6) is 0.0301. The smallest absolute Gasteiger partial charge is 0.308 e. The number of carbonyl (C=O) groups excluding carboxylic acids is 2. The largest absolute Gasteiger partial charge is 0.426 e. The third-order valence-electron chi connectivity index (χ3n) is 3.00. The average molecular weight is 283 g/mol. The summed E-state index contributed by atoms with van der Waals surface area (Å²) in [4.78, 5) is 24.7. The number of benzene rings is 2. The molecule has 2 aromatic carbocycles. The van der Waals surface area contributed by atoms with Crippen LogP contribution in [-0.4, -0.2) is 11.9 Å². The van der Waals surface area contributed by atoms with E-state index in [9.17, 15) is 9.59 Å². The first-order chi connectivity index (χ1) is 10.1. The molecule has 0 N–H and O–H groups in total. The van der Waals surface area contributed by atoms with Gasteiger partial charge in [0.1, 0.15) is 5.75 Å². The Morgan fingerprint density at radius 1 is 0.952 bits per heavy atom. The molecule has 0 aromatic heterocycles. The van der Waals surface area contributed by atoms with Gasteiger partial charge in [-0.2, -0.15) is 0 Å². The molecule has 2 aromatic rings. The Hall–Kier alpha value is -2.62. The second-order valence-electron chi connectivity index (χ2n) is 4.64. The lowest BCUT2D eigenvalue weighted by Crippen LogP contribution is -2.28. The monoisotopic (exact) mass is 283 g/mol. The van der Waals surface area contributed by atoms with Crippen molar-refractivity contribution in [2.24, 2.45) is 0 Å². The number of para-hydroxylation sites is 2. The third-order valence-corrected chi connectivity index (χ3v) is 3.00. The van der Waals surface area contributed by atoms with Crippen LogP contribution in [0.1, 0.15) is 19.4 Å². The molecule has 0 aliphatic carbocycles. The number of rotatable bonds is 4. The van der Waals surface area contributed by atoms with Gasteiger partial charge in [0.15, 0.2) is 0 Å². The normalized spacial score (nSPS) is 10.0. The minimum atomic E-state index is -0.378. The molecule has 1 amide bonds.